The van der Waals surface area contributed by atoms with E-state index in [1.54, 1.807) is 0 Å². The van der Waals surface area contributed by atoms with E-state index in [0.717, 1.165) is 0 Å². The zero-order valence-electron chi connectivity index (χ0n) is 9.83. The van der Waals surface area contributed by atoms with Crippen LogP contribution in [0, 0.1) is 0 Å². The van der Waals surface area contributed by atoms with Crippen molar-refractivity contribution in [1.82, 2.24) is 4.89 Å². The predicted octanol–water partition coefficient (Wildman–Crippen LogP) is 2.36. The average Bonchev–Trinajstić information content (AvgIpc) is 2.25. The zero-order valence-corrected chi connectivity index (χ0v) is 10.6. The molecule has 21 heavy (non-hydrogen) atoms. The van der Waals surface area contributed by atoms with E-state index in [1.165, 1.54) is 4.89 Å². The van der Waals surface area contributed by atoms with Gasteiger partial charge in [0.1, 0.15) is 5.75 Å². The first-order valence-corrected chi connectivity index (χ1v) is 6.43. The molecular formula is C9H7F6NO4S. The second kappa shape index (κ2) is 6.07. The number of halogens is 6. The Morgan fingerprint density at radius 1 is 1.00 bits per heavy atom. The van der Waals surface area contributed by atoms with Crippen LogP contribution in [0.2, 0.25) is 0 Å². The second-order valence-corrected chi connectivity index (χ2v) is 5.15. The van der Waals surface area contributed by atoms with Gasteiger partial charge in [-0.3, -0.25) is 4.84 Å². The van der Waals surface area contributed by atoms with E-state index in [0.29, 0.717) is 24.3 Å². The molecule has 1 aromatic carbocycles. The van der Waals surface area contributed by atoms with Gasteiger partial charge in [0.25, 0.3) is 10.0 Å². The van der Waals surface area contributed by atoms with E-state index < -0.39 is 39.8 Å². The fourth-order valence-electron chi connectivity index (χ4n) is 1.06. The maximum absolute atomic E-state index is 11.9. The van der Waals surface area contributed by atoms with E-state index in [1.807, 2.05) is 0 Å². The van der Waals surface area contributed by atoms with Crippen LogP contribution in [0.15, 0.2) is 29.2 Å². The third-order valence-corrected chi connectivity index (χ3v) is 3.00. The lowest BCUT2D eigenvalue weighted by Gasteiger charge is -2.11. The molecule has 12 heteroatoms. The van der Waals surface area contributed by atoms with Crippen LogP contribution in [0.5, 0.6) is 5.75 Å². The van der Waals surface area contributed by atoms with Crippen molar-refractivity contribution in [3.63, 3.8) is 0 Å². The Hall–Kier alpha value is -1.53. The molecule has 0 aliphatic carbocycles. The highest BCUT2D eigenvalue weighted by atomic mass is 32.2. The Kier molecular flexibility index (Phi) is 5.07. The molecule has 0 aromatic heterocycles. The molecule has 0 saturated carbocycles. The number of benzene rings is 1. The minimum atomic E-state index is -4.95. The third kappa shape index (κ3) is 6.64. The summed E-state index contributed by atoms with van der Waals surface area (Å²) in [6, 6.07) is 2.79. The van der Waals surface area contributed by atoms with Crippen LogP contribution in [0.4, 0.5) is 26.3 Å². The Morgan fingerprint density at radius 3 is 1.95 bits per heavy atom. The van der Waals surface area contributed by atoms with Gasteiger partial charge in [-0.25, -0.2) is 8.42 Å². The van der Waals surface area contributed by atoms with E-state index in [4.69, 9.17) is 0 Å². The molecular weight excluding hydrogens is 332 g/mol. The first-order valence-electron chi connectivity index (χ1n) is 4.95. The number of nitrogens with one attached hydrogen (secondary N) is 1. The minimum absolute atomic E-state index is 0.598. The second-order valence-electron chi connectivity index (χ2n) is 3.51. The summed E-state index contributed by atoms with van der Waals surface area (Å²) >= 11 is 0. The molecule has 1 rings (SSSR count). The largest absolute Gasteiger partial charge is 0.573 e. The molecule has 1 N–H and O–H groups in total. The lowest BCUT2D eigenvalue weighted by Crippen LogP contribution is -2.29. The van der Waals surface area contributed by atoms with Crippen LogP contribution >= 0.6 is 0 Å². The minimum Gasteiger partial charge on any atom is -0.406 e. The monoisotopic (exact) mass is 339 g/mol. The summed E-state index contributed by atoms with van der Waals surface area (Å²) in [6.45, 7) is -1.86. The van der Waals surface area contributed by atoms with Gasteiger partial charge in [0.2, 0.25) is 0 Å². The standard InChI is InChI=1S/C9H7F6NO4S/c10-8(11,12)5-19-16-21(17,18)7-3-1-6(2-4-7)20-9(13,14)15/h1-4,16H,5H2. The molecule has 0 atom stereocenters. The maximum atomic E-state index is 11.9. The molecule has 0 saturated heterocycles. The quantitative estimate of drug-likeness (QED) is 0.661. The number of sulfonamides is 1. The smallest absolute Gasteiger partial charge is 0.406 e. The highest BCUT2D eigenvalue weighted by molar-refractivity contribution is 7.89. The molecule has 120 valence electrons. The molecule has 0 bridgehead atoms. The zero-order chi connectivity index (χ0) is 16.3. The molecule has 0 amide bonds. The van der Waals surface area contributed by atoms with Crippen molar-refractivity contribution in [2.45, 2.75) is 17.4 Å². The van der Waals surface area contributed by atoms with Gasteiger partial charge >= 0.3 is 12.5 Å². The number of hydrogen-bond donors (Lipinski definition) is 1. The van der Waals surface area contributed by atoms with Crippen molar-refractivity contribution in [2.24, 2.45) is 0 Å². The van der Waals surface area contributed by atoms with Crippen molar-refractivity contribution in [2.75, 3.05) is 6.61 Å². The van der Waals surface area contributed by atoms with Crippen LogP contribution in [-0.2, 0) is 14.9 Å². The fraction of sp³-hybridized carbons (Fsp3) is 0.333. The van der Waals surface area contributed by atoms with Crippen LogP contribution < -0.4 is 9.62 Å². The summed E-state index contributed by atoms with van der Waals surface area (Å²) in [4.78, 5) is 4.34. The molecule has 0 radical (unpaired) electrons. The SMILES string of the molecule is O=S(=O)(NOCC(F)(F)F)c1ccc(OC(F)(F)F)cc1. The topological polar surface area (TPSA) is 64.6 Å². The van der Waals surface area contributed by atoms with Gasteiger partial charge in [0.05, 0.1) is 4.90 Å². The van der Waals surface area contributed by atoms with Crippen molar-refractivity contribution in [1.29, 1.82) is 0 Å². The first kappa shape index (κ1) is 17.5. The van der Waals surface area contributed by atoms with Crippen molar-refractivity contribution < 1.29 is 44.3 Å². The Bertz CT molecular complexity index is 565. The van der Waals surface area contributed by atoms with Crippen LogP contribution in [0.1, 0.15) is 0 Å². The van der Waals surface area contributed by atoms with Crippen molar-refractivity contribution in [3.8, 4) is 5.75 Å². The lowest BCUT2D eigenvalue weighted by molar-refractivity contribution is -0.274. The van der Waals surface area contributed by atoms with Crippen molar-refractivity contribution >= 4 is 10.0 Å². The van der Waals surface area contributed by atoms with Crippen molar-refractivity contribution in [3.05, 3.63) is 24.3 Å². The first-order chi connectivity index (χ1) is 9.39. The summed E-state index contributed by atoms with van der Waals surface area (Å²) in [7, 11) is -4.45. The highest BCUT2D eigenvalue weighted by Crippen LogP contribution is 2.24. The van der Waals surface area contributed by atoms with Gasteiger partial charge in [0, 0.05) is 0 Å². The molecule has 0 spiro atoms. The molecule has 1 aromatic rings. The summed E-state index contributed by atoms with van der Waals surface area (Å²) in [6.07, 6.45) is -9.69. The summed E-state index contributed by atoms with van der Waals surface area (Å²) in [5, 5.41) is 0. The van der Waals surface area contributed by atoms with Gasteiger partial charge in [-0.2, -0.15) is 13.2 Å². The summed E-state index contributed by atoms with van der Waals surface area (Å²) < 4.78 is 97.3. The highest BCUT2D eigenvalue weighted by Gasteiger charge is 2.31. The molecule has 0 aliphatic heterocycles. The number of alkyl halides is 6. The lowest BCUT2D eigenvalue weighted by atomic mass is 10.3. The van der Waals surface area contributed by atoms with Gasteiger partial charge in [-0.15, -0.1) is 13.2 Å². The van der Waals surface area contributed by atoms with E-state index in [-0.39, 0.29) is 0 Å². The predicted molar refractivity (Wildman–Crippen MR) is 55.5 cm³/mol. The Balaban J connectivity index is 2.72. The van der Waals surface area contributed by atoms with Crippen LogP contribution in [0.3, 0.4) is 0 Å². The van der Waals surface area contributed by atoms with E-state index in [9.17, 15) is 34.8 Å². The summed E-state index contributed by atoms with van der Waals surface area (Å²) in [5.41, 5.74) is 0. The summed E-state index contributed by atoms with van der Waals surface area (Å²) in [5.74, 6) is -0.683. The van der Waals surface area contributed by atoms with Crippen LogP contribution in [0.25, 0.3) is 0 Å². The van der Waals surface area contributed by atoms with Gasteiger partial charge in [-0.05, 0) is 24.3 Å². The van der Waals surface area contributed by atoms with Crippen LogP contribution in [-0.4, -0.2) is 27.6 Å². The molecule has 0 fully saturated rings. The van der Waals surface area contributed by atoms with E-state index in [2.05, 4.69) is 9.57 Å². The van der Waals surface area contributed by atoms with Gasteiger partial charge in [-0.1, -0.05) is 4.89 Å². The Labute approximate surface area is 114 Å². The Morgan fingerprint density at radius 2 is 1.52 bits per heavy atom. The van der Waals surface area contributed by atoms with E-state index >= 15 is 0 Å². The molecule has 0 aliphatic rings. The molecule has 0 heterocycles. The number of hydrogen-bond acceptors (Lipinski definition) is 4. The third-order valence-electron chi connectivity index (χ3n) is 1.77. The van der Waals surface area contributed by atoms with Gasteiger partial charge < -0.3 is 4.74 Å². The molecule has 0 unspecified atom stereocenters. The number of rotatable bonds is 5. The molecule has 5 nitrogen and oxygen atoms in total. The van der Waals surface area contributed by atoms with Gasteiger partial charge in [0.15, 0.2) is 6.61 Å². The normalized spacial score (nSPS) is 13.2. The number of ether oxygens (including phenoxy) is 1. The fourth-order valence-corrected chi connectivity index (χ4v) is 1.86. The average molecular weight is 339 g/mol. The maximum Gasteiger partial charge on any atom is 0.573 e.